The van der Waals surface area contributed by atoms with Crippen LogP contribution in [0.5, 0.6) is 0 Å². The van der Waals surface area contributed by atoms with Gasteiger partial charge in [-0.2, -0.15) is 0 Å². The summed E-state index contributed by atoms with van der Waals surface area (Å²) < 4.78 is 25.3. The number of rotatable bonds is 10. The maximum absolute atomic E-state index is 16.8. The fraction of sp³-hybridized carbons (Fsp3) is 0.355. The first-order valence-corrected chi connectivity index (χ1v) is 15.1. The average Bonchev–Trinajstić information content (AvgIpc) is 3.73. The van der Waals surface area contributed by atoms with Crippen molar-refractivity contribution in [3.05, 3.63) is 75.1 Å². The Hall–Kier alpha value is -3.06. The zero-order chi connectivity index (χ0) is 28.3. The molecule has 1 aliphatic carbocycles. The van der Waals surface area contributed by atoms with E-state index in [9.17, 15) is 4.79 Å². The van der Waals surface area contributed by atoms with E-state index in [1.165, 1.54) is 0 Å². The molecular formula is C31H33FIN5O3. The van der Waals surface area contributed by atoms with Crippen LogP contribution in [0.3, 0.4) is 0 Å². The lowest BCUT2D eigenvalue weighted by atomic mass is 10.1. The third-order valence-electron chi connectivity index (χ3n) is 7.62. The lowest BCUT2D eigenvalue weighted by Gasteiger charge is -2.27. The number of nitrogens with one attached hydrogen (secondary N) is 2. The highest BCUT2D eigenvalue weighted by Crippen LogP contribution is 2.35. The highest BCUT2D eigenvalue weighted by molar-refractivity contribution is 14.1. The van der Waals surface area contributed by atoms with Crippen LogP contribution in [0.2, 0.25) is 0 Å². The van der Waals surface area contributed by atoms with Crippen molar-refractivity contribution >= 4 is 50.9 Å². The first-order chi connectivity index (χ1) is 20.0. The van der Waals surface area contributed by atoms with E-state index < -0.39 is 11.7 Å². The Bertz CT molecular complexity index is 1550. The van der Waals surface area contributed by atoms with E-state index >= 15 is 4.39 Å². The number of fused-ring (bicyclic) bond motifs is 1. The Morgan fingerprint density at radius 3 is 2.63 bits per heavy atom. The van der Waals surface area contributed by atoms with Gasteiger partial charge in [0.05, 0.1) is 36.6 Å². The number of morpholine rings is 1. The highest BCUT2D eigenvalue weighted by Gasteiger charge is 2.27. The first kappa shape index (κ1) is 28.1. The summed E-state index contributed by atoms with van der Waals surface area (Å²) in [6.07, 6.45) is 2.19. The third kappa shape index (κ3) is 6.40. The Morgan fingerprint density at radius 1 is 1.12 bits per heavy atom. The van der Waals surface area contributed by atoms with Crippen LogP contribution in [0.15, 0.2) is 54.6 Å². The number of aromatic nitrogens is 2. The average molecular weight is 670 g/mol. The van der Waals surface area contributed by atoms with Crippen molar-refractivity contribution in [3.63, 3.8) is 0 Å². The van der Waals surface area contributed by atoms with E-state index in [0.717, 1.165) is 52.9 Å². The number of hydrogen-bond acceptors (Lipinski definition) is 6. The zero-order valence-electron chi connectivity index (χ0n) is 23.0. The number of benzene rings is 3. The third-order valence-corrected chi connectivity index (χ3v) is 8.29. The predicted molar refractivity (Wildman–Crippen MR) is 166 cm³/mol. The van der Waals surface area contributed by atoms with Crippen molar-refractivity contribution in [1.82, 2.24) is 19.9 Å². The van der Waals surface area contributed by atoms with Crippen LogP contribution >= 0.6 is 22.6 Å². The van der Waals surface area contributed by atoms with Gasteiger partial charge in [-0.15, -0.1) is 0 Å². The number of hydroxylamine groups is 1. The number of carbonyl (C=O) groups is 1. The SMILES string of the molecule is Cc1cc(I)ccc1Nc1c(C(=O)NOCC2CC2)cc2nc(-c3ccccc3)n(CCN3CCOCC3)c2c1F. The lowest BCUT2D eigenvalue weighted by Crippen LogP contribution is -2.38. The molecule has 8 nitrogen and oxygen atoms in total. The van der Waals surface area contributed by atoms with E-state index in [4.69, 9.17) is 14.6 Å². The number of ether oxygens (including phenoxy) is 1. The van der Waals surface area contributed by atoms with Crippen LogP contribution in [0.1, 0.15) is 28.8 Å². The van der Waals surface area contributed by atoms with Crippen molar-refractivity contribution in [2.45, 2.75) is 26.3 Å². The van der Waals surface area contributed by atoms with E-state index in [1.54, 1.807) is 6.07 Å². The molecule has 2 heterocycles. The molecule has 2 N–H and O–H groups in total. The van der Waals surface area contributed by atoms with Gasteiger partial charge < -0.3 is 14.6 Å². The van der Waals surface area contributed by atoms with Crippen molar-refractivity contribution < 1.29 is 18.8 Å². The molecule has 2 fully saturated rings. The molecule has 1 saturated heterocycles. The fourth-order valence-corrected chi connectivity index (χ4v) is 5.75. The number of anilines is 2. The minimum absolute atomic E-state index is 0.0986. The summed E-state index contributed by atoms with van der Waals surface area (Å²) in [6.45, 7) is 6.72. The van der Waals surface area contributed by atoms with E-state index in [-0.39, 0.29) is 11.3 Å². The second kappa shape index (κ2) is 12.4. The van der Waals surface area contributed by atoms with Crippen LogP contribution < -0.4 is 10.8 Å². The molecule has 3 aromatic carbocycles. The molecule has 1 saturated carbocycles. The summed E-state index contributed by atoms with van der Waals surface area (Å²) in [4.78, 5) is 26.1. The maximum atomic E-state index is 16.8. The number of imidazole rings is 1. The number of halogens is 2. The Kier molecular flexibility index (Phi) is 8.52. The van der Waals surface area contributed by atoms with Crippen LogP contribution in [0.25, 0.3) is 22.4 Å². The highest BCUT2D eigenvalue weighted by atomic mass is 127. The summed E-state index contributed by atoms with van der Waals surface area (Å²) >= 11 is 2.25. The van der Waals surface area contributed by atoms with Gasteiger partial charge in [-0.1, -0.05) is 30.3 Å². The molecule has 10 heteroatoms. The van der Waals surface area contributed by atoms with Crippen molar-refractivity contribution in [1.29, 1.82) is 0 Å². The van der Waals surface area contributed by atoms with Gasteiger partial charge in [0.15, 0.2) is 5.82 Å². The standard InChI is InChI=1S/C31H33FIN5O3/c1-20-17-23(33)9-10-25(20)34-28-24(31(39)36-41-19-21-7-8-21)18-26-29(27(28)32)38(12-11-37-13-15-40-16-14-37)30(35-26)22-5-3-2-4-6-22/h2-6,9-10,17-18,21,34H,7-8,11-16,19H2,1H3,(H,36,39). The predicted octanol–water partition coefficient (Wildman–Crippen LogP) is 5.90. The first-order valence-electron chi connectivity index (χ1n) is 14.0. The van der Waals surface area contributed by atoms with E-state index in [1.807, 2.05) is 60.0 Å². The summed E-state index contributed by atoms with van der Waals surface area (Å²) in [7, 11) is 0. The quantitative estimate of drug-likeness (QED) is 0.162. The Morgan fingerprint density at radius 2 is 1.90 bits per heavy atom. The topological polar surface area (TPSA) is 80.7 Å². The fourth-order valence-electron chi connectivity index (χ4n) is 5.11. The van der Waals surface area contributed by atoms with Gasteiger partial charge in [-0.25, -0.2) is 14.9 Å². The summed E-state index contributed by atoms with van der Waals surface area (Å²) in [6, 6.07) is 17.3. The molecule has 4 aromatic rings. The minimum Gasteiger partial charge on any atom is -0.379 e. The van der Waals surface area contributed by atoms with Gasteiger partial charge >= 0.3 is 0 Å². The largest absolute Gasteiger partial charge is 0.379 e. The number of amides is 1. The Balaban J connectivity index is 1.45. The number of aryl methyl sites for hydroxylation is 1. The molecule has 41 heavy (non-hydrogen) atoms. The molecule has 2 aliphatic rings. The summed E-state index contributed by atoms with van der Waals surface area (Å²) in [5, 5.41) is 3.24. The smallest absolute Gasteiger partial charge is 0.277 e. The molecule has 1 amide bonds. The summed E-state index contributed by atoms with van der Waals surface area (Å²) in [5.74, 6) is 0.0922. The molecule has 0 unspecified atom stereocenters. The van der Waals surface area contributed by atoms with Crippen LogP contribution in [0, 0.1) is 22.2 Å². The van der Waals surface area contributed by atoms with Crippen molar-refractivity contribution in [3.8, 4) is 11.4 Å². The van der Waals surface area contributed by atoms with Gasteiger partial charge in [0.25, 0.3) is 5.91 Å². The molecule has 0 atom stereocenters. The monoisotopic (exact) mass is 669 g/mol. The van der Waals surface area contributed by atoms with Gasteiger partial charge in [-0.05, 0) is 78.1 Å². The van der Waals surface area contributed by atoms with Crippen molar-refractivity contribution in [2.24, 2.45) is 5.92 Å². The maximum Gasteiger partial charge on any atom is 0.277 e. The van der Waals surface area contributed by atoms with Gasteiger partial charge in [-0.3, -0.25) is 14.5 Å². The second-order valence-corrected chi connectivity index (χ2v) is 11.9. The minimum atomic E-state index is -0.524. The van der Waals surface area contributed by atoms with E-state index in [0.29, 0.717) is 49.1 Å². The normalized spacial score (nSPS) is 15.8. The molecule has 0 radical (unpaired) electrons. The Labute approximate surface area is 252 Å². The number of hydrogen-bond donors (Lipinski definition) is 2. The summed E-state index contributed by atoms with van der Waals surface area (Å²) in [5.41, 5.74) is 6.09. The molecule has 1 aliphatic heterocycles. The molecule has 214 valence electrons. The van der Waals surface area contributed by atoms with Gasteiger partial charge in [0, 0.05) is 41.0 Å². The van der Waals surface area contributed by atoms with Gasteiger partial charge in [0.1, 0.15) is 11.3 Å². The van der Waals surface area contributed by atoms with Crippen LogP contribution in [0.4, 0.5) is 15.8 Å². The molecular weight excluding hydrogens is 636 g/mol. The lowest BCUT2D eigenvalue weighted by molar-refractivity contribution is 0.0271. The van der Waals surface area contributed by atoms with Gasteiger partial charge in [0.2, 0.25) is 0 Å². The number of nitrogens with zero attached hydrogens (tertiary/aromatic N) is 3. The van der Waals surface area contributed by atoms with Crippen LogP contribution in [-0.4, -0.2) is 59.8 Å². The molecule has 1 aromatic heterocycles. The number of carbonyl (C=O) groups excluding carboxylic acids is 1. The molecule has 6 rings (SSSR count). The zero-order valence-corrected chi connectivity index (χ0v) is 25.1. The van der Waals surface area contributed by atoms with Crippen LogP contribution in [-0.2, 0) is 16.1 Å². The molecule has 0 bridgehead atoms. The van der Waals surface area contributed by atoms with Crippen molar-refractivity contribution in [2.75, 3.05) is 44.8 Å². The second-order valence-electron chi connectivity index (χ2n) is 10.7. The van der Waals surface area contributed by atoms with E-state index in [2.05, 4.69) is 38.3 Å². The molecule has 0 spiro atoms.